The van der Waals surface area contributed by atoms with Crippen molar-refractivity contribution in [3.63, 3.8) is 0 Å². The molecule has 0 bridgehead atoms. The molecule has 0 aromatic heterocycles. The zero-order valence-corrected chi connectivity index (χ0v) is 13.1. The third kappa shape index (κ3) is 3.08. The SMILES string of the molecule is CC(C)CC1CCCC2(C1)C[C@@H](N)c1cc(F)ccc1O2. The summed E-state index contributed by atoms with van der Waals surface area (Å²) in [6.07, 6.45) is 6.76. The number of ether oxygens (including phenoxy) is 1. The second-order valence-electron chi connectivity index (χ2n) is 7.37. The molecule has 21 heavy (non-hydrogen) atoms. The van der Waals surface area contributed by atoms with Crippen LogP contribution in [0.5, 0.6) is 5.75 Å². The van der Waals surface area contributed by atoms with Crippen LogP contribution in [0.1, 0.15) is 64.0 Å². The van der Waals surface area contributed by atoms with Gasteiger partial charge in [-0.15, -0.1) is 0 Å². The summed E-state index contributed by atoms with van der Waals surface area (Å²) in [4.78, 5) is 0. The zero-order chi connectivity index (χ0) is 15.0. The largest absolute Gasteiger partial charge is 0.487 e. The van der Waals surface area contributed by atoms with Crippen molar-refractivity contribution >= 4 is 0 Å². The van der Waals surface area contributed by atoms with Crippen molar-refractivity contribution in [1.82, 2.24) is 0 Å². The normalized spacial score (nSPS) is 32.0. The molecular weight excluding hydrogens is 265 g/mol. The molecule has 1 aliphatic heterocycles. The van der Waals surface area contributed by atoms with Gasteiger partial charge in [-0.2, -0.15) is 0 Å². The molecule has 3 heteroatoms. The molecule has 1 fully saturated rings. The zero-order valence-electron chi connectivity index (χ0n) is 13.1. The monoisotopic (exact) mass is 291 g/mol. The van der Waals surface area contributed by atoms with Crippen LogP contribution in [0.2, 0.25) is 0 Å². The predicted octanol–water partition coefficient (Wildman–Crippen LogP) is 4.58. The summed E-state index contributed by atoms with van der Waals surface area (Å²) in [5, 5.41) is 0. The molecule has 0 saturated heterocycles. The summed E-state index contributed by atoms with van der Waals surface area (Å²) in [6.45, 7) is 4.57. The minimum atomic E-state index is -0.231. The Morgan fingerprint density at radius 1 is 1.38 bits per heavy atom. The minimum absolute atomic E-state index is 0.109. The lowest BCUT2D eigenvalue weighted by Gasteiger charge is -2.46. The maximum atomic E-state index is 13.4. The molecule has 2 unspecified atom stereocenters. The van der Waals surface area contributed by atoms with Crippen LogP contribution >= 0.6 is 0 Å². The van der Waals surface area contributed by atoms with Gasteiger partial charge in [0.25, 0.3) is 0 Å². The van der Waals surface area contributed by atoms with Crippen molar-refractivity contribution in [2.45, 2.75) is 64.0 Å². The highest BCUT2D eigenvalue weighted by atomic mass is 19.1. The maximum Gasteiger partial charge on any atom is 0.125 e. The van der Waals surface area contributed by atoms with Gasteiger partial charge in [0.15, 0.2) is 0 Å². The number of rotatable bonds is 2. The highest BCUT2D eigenvalue weighted by Gasteiger charge is 2.43. The molecule has 1 aliphatic carbocycles. The summed E-state index contributed by atoms with van der Waals surface area (Å²) in [5.41, 5.74) is 7.02. The van der Waals surface area contributed by atoms with E-state index in [1.165, 1.54) is 31.4 Å². The van der Waals surface area contributed by atoms with Crippen LogP contribution in [-0.2, 0) is 0 Å². The molecule has 1 aromatic rings. The molecule has 2 nitrogen and oxygen atoms in total. The van der Waals surface area contributed by atoms with Gasteiger partial charge in [-0.3, -0.25) is 0 Å². The number of hydrogen-bond acceptors (Lipinski definition) is 2. The van der Waals surface area contributed by atoms with Gasteiger partial charge in [-0.05, 0) is 55.7 Å². The molecule has 3 atom stereocenters. The van der Waals surface area contributed by atoms with E-state index in [-0.39, 0.29) is 17.5 Å². The van der Waals surface area contributed by atoms with E-state index in [0.717, 1.165) is 42.4 Å². The quantitative estimate of drug-likeness (QED) is 0.865. The summed E-state index contributed by atoms with van der Waals surface area (Å²) in [5.74, 6) is 2.02. The van der Waals surface area contributed by atoms with E-state index < -0.39 is 0 Å². The fourth-order valence-electron chi connectivity index (χ4n) is 4.28. The van der Waals surface area contributed by atoms with Crippen LogP contribution in [0.25, 0.3) is 0 Å². The Morgan fingerprint density at radius 3 is 2.95 bits per heavy atom. The van der Waals surface area contributed by atoms with Crippen LogP contribution < -0.4 is 10.5 Å². The van der Waals surface area contributed by atoms with Crippen molar-refractivity contribution in [2.24, 2.45) is 17.6 Å². The van der Waals surface area contributed by atoms with Gasteiger partial charge in [0.2, 0.25) is 0 Å². The summed E-state index contributed by atoms with van der Waals surface area (Å²) in [7, 11) is 0. The Morgan fingerprint density at radius 2 is 2.19 bits per heavy atom. The predicted molar refractivity (Wildman–Crippen MR) is 82.7 cm³/mol. The van der Waals surface area contributed by atoms with Crippen molar-refractivity contribution in [1.29, 1.82) is 0 Å². The van der Waals surface area contributed by atoms with Crippen LogP contribution in [-0.4, -0.2) is 5.60 Å². The molecule has 0 radical (unpaired) electrons. The van der Waals surface area contributed by atoms with Crippen LogP contribution in [0.15, 0.2) is 18.2 Å². The average molecular weight is 291 g/mol. The first-order valence-electron chi connectivity index (χ1n) is 8.21. The Bertz CT molecular complexity index is 516. The first kappa shape index (κ1) is 14.8. The first-order valence-corrected chi connectivity index (χ1v) is 8.21. The Labute approximate surface area is 126 Å². The van der Waals surface area contributed by atoms with Gasteiger partial charge in [-0.1, -0.05) is 20.3 Å². The van der Waals surface area contributed by atoms with E-state index in [9.17, 15) is 4.39 Å². The van der Waals surface area contributed by atoms with E-state index in [1.807, 2.05) is 0 Å². The molecule has 1 aromatic carbocycles. The lowest BCUT2D eigenvalue weighted by Crippen LogP contribution is -2.46. The van der Waals surface area contributed by atoms with Gasteiger partial charge in [0.05, 0.1) is 0 Å². The molecule has 0 amide bonds. The van der Waals surface area contributed by atoms with E-state index in [4.69, 9.17) is 10.5 Å². The van der Waals surface area contributed by atoms with Gasteiger partial charge in [0.1, 0.15) is 17.2 Å². The highest BCUT2D eigenvalue weighted by Crippen LogP contribution is 2.47. The number of halogens is 1. The topological polar surface area (TPSA) is 35.2 Å². The molecule has 1 saturated carbocycles. The lowest BCUT2D eigenvalue weighted by molar-refractivity contribution is -0.0202. The Balaban J connectivity index is 1.82. The fourth-order valence-corrected chi connectivity index (χ4v) is 4.28. The van der Waals surface area contributed by atoms with Crippen molar-refractivity contribution in [3.05, 3.63) is 29.6 Å². The standard InChI is InChI=1S/C18H26FNO/c1-12(2)8-13-4-3-7-18(10-13)11-16(20)15-9-14(19)5-6-17(15)21-18/h5-6,9,12-13,16H,3-4,7-8,10-11,20H2,1-2H3/t13?,16-,18?/m1/s1. The number of nitrogens with two attached hydrogens (primary N) is 1. The fraction of sp³-hybridized carbons (Fsp3) is 0.667. The first-order chi connectivity index (χ1) is 9.97. The maximum absolute atomic E-state index is 13.4. The minimum Gasteiger partial charge on any atom is -0.487 e. The molecule has 2 N–H and O–H groups in total. The average Bonchev–Trinajstić information content (AvgIpc) is 2.39. The third-order valence-electron chi connectivity index (χ3n) is 5.00. The molecule has 2 aliphatic rings. The van der Waals surface area contributed by atoms with Crippen LogP contribution in [0.4, 0.5) is 4.39 Å². The van der Waals surface area contributed by atoms with Crippen LogP contribution in [0.3, 0.4) is 0 Å². The van der Waals surface area contributed by atoms with Gasteiger partial charge in [0, 0.05) is 18.0 Å². The number of benzene rings is 1. The Kier molecular flexibility index (Phi) is 3.96. The molecular formula is C18H26FNO. The number of hydrogen-bond donors (Lipinski definition) is 1. The van der Waals surface area contributed by atoms with Crippen molar-refractivity contribution < 1.29 is 9.13 Å². The molecule has 116 valence electrons. The van der Waals surface area contributed by atoms with Gasteiger partial charge < -0.3 is 10.5 Å². The summed E-state index contributed by atoms with van der Waals surface area (Å²) in [6, 6.07) is 4.64. The lowest BCUT2D eigenvalue weighted by atomic mass is 9.71. The second-order valence-corrected chi connectivity index (χ2v) is 7.37. The van der Waals surface area contributed by atoms with E-state index in [2.05, 4.69) is 13.8 Å². The van der Waals surface area contributed by atoms with E-state index in [0.29, 0.717) is 0 Å². The number of fused-ring (bicyclic) bond motifs is 1. The summed E-state index contributed by atoms with van der Waals surface area (Å²) < 4.78 is 19.7. The smallest absolute Gasteiger partial charge is 0.125 e. The van der Waals surface area contributed by atoms with E-state index >= 15 is 0 Å². The molecule has 1 spiro atoms. The highest BCUT2D eigenvalue weighted by molar-refractivity contribution is 5.39. The summed E-state index contributed by atoms with van der Waals surface area (Å²) >= 11 is 0. The van der Waals surface area contributed by atoms with E-state index in [1.54, 1.807) is 6.07 Å². The Hall–Kier alpha value is -1.09. The molecule has 1 heterocycles. The molecule has 3 rings (SSSR count). The van der Waals surface area contributed by atoms with Gasteiger partial charge in [-0.25, -0.2) is 4.39 Å². The van der Waals surface area contributed by atoms with Crippen LogP contribution in [0, 0.1) is 17.7 Å². The van der Waals surface area contributed by atoms with Gasteiger partial charge >= 0.3 is 0 Å². The third-order valence-corrected chi connectivity index (χ3v) is 5.00. The second kappa shape index (κ2) is 5.60. The van der Waals surface area contributed by atoms with Crippen molar-refractivity contribution in [2.75, 3.05) is 0 Å². The van der Waals surface area contributed by atoms with Crippen molar-refractivity contribution in [3.8, 4) is 5.75 Å².